The van der Waals surface area contributed by atoms with Crippen LogP contribution in [-0.4, -0.2) is 46.3 Å². The minimum Gasteiger partial charge on any atom is -0.316 e. The molecule has 1 fully saturated rings. The van der Waals surface area contributed by atoms with E-state index in [1.165, 1.54) is 22.9 Å². The molecule has 1 N–H and O–H groups in total. The molecule has 2 atom stereocenters. The summed E-state index contributed by atoms with van der Waals surface area (Å²) in [6, 6.07) is 11.8. The number of benzene rings is 1. The van der Waals surface area contributed by atoms with Crippen LogP contribution >= 0.6 is 0 Å². The summed E-state index contributed by atoms with van der Waals surface area (Å²) in [6.07, 6.45) is 5.03. The van der Waals surface area contributed by atoms with Crippen LogP contribution in [0.4, 0.5) is 5.69 Å². The van der Waals surface area contributed by atoms with Gasteiger partial charge in [-0.1, -0.05) is 18.2 Å². The molecule has 2 bridgehead atoms. The lowest BCUT2D eigenvalue weighted by molar-refractivity contribution is 0.102. The predicted molar refractivity (Wildman–Crippen MR) is 117 cm³/mol. The summed E-state index contributed by atoms with van der Waals surface area (Å²) in [4.78, 5) is 33.6. The number of piperidine rings is 1. The zero-order valence-corrected chi connectivity index (χ0v) is 17.9. The first-order chi connectivity index (χ1) is 15.4. The third-order valence-electron chi connectivity index (χ3n) is 6.00. The molecule has 0 aliphatic carbocycles. The van der Waals surface area contributed by atoms with Crippen LogP contribution in [0, 0.1) is 5.92 Å². The van der Waals surface area contributed by atoms with Crippen LogP contribution in [-0.2, 0) is 16.6 Å². The van der Waals surface area contributed by atoms with Crippen molar-refractivity contribution < 1.29 is 13.2 Å². The molecule has 10 heteroatoms. The first kappa shape index (κ1) is 20.5. The Bertz CT molecular complexity index is 1330. The smallest absolute Gasteiger partial charge is 0.276 e. The lowest BCUT2D eigenvalue weighted by Gasteiger charge is -2.42. The van der Waals surface area contributed by atoms with Gasteiger partial charge in [0.2, 0.25) is 10.0 Å². The van der Waals surface area contributed by atoms with Crippen molar-refractivity contribution >= 4 is 21.6 Å². The fourth-order valence-electron chi connectivity index (χ4n) is 4.54. The molecule has 2 aliphatic heterocycles. The molecule has 2 aromatic heterocycles. The number of amides is 1. The van der Waals surface area contributed by atoms with Crippen molar-refractivity contribution in [1.82, 2.24) is 18.8 Å². The third-order valence-corrected chi connectivity index (χ3v) is 7.84. The van der Waals surface area contributed by atoms with E-state index in [2.05, 4.69) is 15.3 Å². The molecule has 1 amide bonds. The molecule has 2 aliphatic rings. The van der Waals surface area contributed by atoms with E-state index in [4.69, 9.17) is 0 Å². The number of nitrogens with one attached hydrogen (secondary N) is 1. The Morgan fingerprint density at radius 1 is 1.03 bits per heavy atom. The van der Waals surface area contributed by atoms with Gasteiger partial charge in [0.15, 0.2) is 0 Å². The van der Waals surface area contributed by atoms with Gasteiger partial charge in [-0.3, -0.25) is 14.6 Å². The van der Waals surface area contributed by atoms with Crippen LogP contribution in [0.15, 0.2) is 70.7 Å². The Balaban J connectivity index is 1.41. The largest absolute Gasteiger partial charge is 0.316 e. The van der Waals surface area contributed by atoms with Gasteiger partial charge in [0.1, 0.15) is 11.4 Å². The maximum atomic E-state index is 13.1. The number of hydrogen-bond donors (Lipinski definition) is 1. The summed E-state index contributed by atoms with van der Waals surface area (Å²) >= 11 is 0. The van der Waals surface area contributed by atoms with E-state index in [9.17, 15) is 18.0 Å². The Morgan fingerprint density at radius 2 is 1.84 bits per heavy atom. The number of carbonyl (C=O) groups is 1. The SMILES string of the molecule is O=C(Nc1ccc2n(c1=O)CC1CC2CN(S(=O)(=O)c2ccccc2)C1)c1cnccn1. The van der Waals surface area contributed by atoms with E-state index < -0.39 is 15.9 Å². The zero-order valence-electron chi connectivity index (χ0n) is 17.1. The molecule has 32 heavy (non-hydrogen) atoms. The molecule has 0 spiro atoms. The molecule has 0 radical (unpaired) electrons. The van der Waals surface area contributed by atoms with Crippen molar-refractivity contribution in [2.75, 3.05) is 18.4 Å². The number of pyridine rings is 1. The van der Waals surface area contributed by atoms with Crippen LogP contribution < -0.4 is 10.9 Å². The minimum absolute atomic E-state index is 0.0170. The quantitative estimate of drug-likeness (QED) is 0.646. The summed E-state index contributed by atoms with van der Waals surface area (Å²) in [7, 11) is -3.60. The van der Waals surface area contributed by atoms with E-state index >= 15 is 0 Å². The lowest BCUT2D eigenvalue weighted by atomic mass is 9.84. The van der Waals surface area contributed by atoms with Crippen molar-refractivity contribution in [3.05, 3.63) is 82.8 Å². The molecule has 3 aromatic rings. The van der Waals surface area contributed by atoms with Gasteiger partial charge in [-0.15, -0.1) is 0 Å². The highest BCUT2D eigenvalue weighted by Crippen LogP contribution is 2.37. The standard InChI is InChI=1S/C22H21N5O4S/c28-21(19-11-23-8-9-24-19)25-18-6-7-20-16-10-15(13-27(20)22(18)29)12-26(14-16)32(30,31)17-4-2-1-3-5-17/h1-9,11,15-16H,10,12-14H2,(H,25,28). The number of carbonyl (C=O) groups excluding carboxylic acids is 1. The fraction of sp³-hybridized carbons (Fsp3) is 0.273. The van der Waals surface area contributed by atoms with Gasteiger partial charge in [0.05, 0.1) is 11.1 Å². The van der Waals surface area contributed by atoms with E-state index in [1.807, 2.05) is 0 Å². The number of aromatic nitrogens is 3. The lowest BCUT2D eigenvalue weighted by Crippen LogP contribution is -2.49. The molecule has 5 rings (SSSR count). The Kier molecular flexibility index (Phi) is 5.10. The van der Waals surface area contributed by atoms with Crippen LogP contribution in [0.2, 0.25) is 0 Å². The summed E-state index contributed by atoms with van der Waals surface area (Å²) in [5.74, 6) is -0.575. The highest BCUT2D eigenvalue weighted by Gasteiger charge is 2.39. The molecule has 2 unspecified atom stereocenters. The number of anilines is 1. The number of nitrogens with zero attached hydrogens (tertiary/aromatic N) is 4. The Labute approximate surface area is 184 Å². The van der Waals surface area contributed by atoms with E-state index in [1.54, 1.807) is 47.0 Å². The van der Waals surface area contributed by atoms with E-state index in [0.29, 0.717) is 19.6 Å². The second kappa shape index (κ2) is 7.95. The number of rotatable bonds is 4. The van der Waals surface area contributed by atoms with Crippen LogP contribution in [0.25, 0.3) is 0 Å². The molecule has 1 saturated heterocycles. The molecular formula is C22H21N5O4S. The Hall–Kier alpha value is -3.37. The van der Waals surface area contributed by atoms with Crippen molar-refractivity contribution in [3.63, 3.8) is 0 Å². The fourth-order valence-corrected chi connectivity index (χ4v) is 6.12. The van der Waals surface area contributed by atoms with Crippen molar-refractivity contribution in [2.24, 2.45) is 5.92 Å². The predicted octanol–water partition coefficient (Wildman–Crippen LogP) is 1.70. The summed E-state index contributed by atoms with van der Waals surface area (Å²) in [5, 5.41) is 2.62. The van der Waals surface area contributed by atoms with Crippen molar-refractivity contribution in [2.45, 2.75) is 23.8 Å². The average molecular weight is 452 g/mol. The number of hydrogen-bond acceptors (Lipinski definition) is 6. The maximum Gasteiger partial charge on any atom is 0.276 e. The molecule has 9 nitrogen and oxygen atoms in total. The van der Waals surface area contributed by atoms with E-state index in [-0.39, 0.29) is 33.7 Å². The van der Waals surface area contributed by atoms with Crippen molar-refractivity contribution in [1.29, 1.82) is 0 Å². The zero-order chi connectivity index (χ0) is 22.3. The van der Waals surface area contributed by atoms with Crippen molar-refractivity contribution in [3.8, 4) is 0 Å². The van der Waals surface area contributed by atoms with Gasteiger partial charge in [-0.05, 0) is 36.6 Å². The first-order valence-corrected chi connectivity index (χ1v) is 11.7. The summed E-state index contributed by atoms with van der Waals surface area (Å²) < 4.78 is 29.4. The molecule has 164 valence electrons. The van der Waals surface area contributed by atoms with Crippen LogP contribution in [0.1, 0.15) is 28.5 Å². The minimum atomic E-state index is -3.60. The van der Waals surface area contributed by atoms with Gasteiger partial charge in [-0.25, -0.2) is 13.4 Å². The second-order valence-corrected chi connectivity index (χ2v) is 10.0. The van der Waals surface area contributed by atoms with E-state index in [0.717, 1.165) is 12.1 Å². The second-order valence-electron chi connectivity index (χ2n) is 8.07. The normalized spacial score (nSPS) is 20.4. The number of sulfonamides is 1. The molecular weight excluding hydrogens is 430 g/mol. The van der Waals surface area contributed by atoms with Gasteiger partial charge in [-0.2, -0.15) is 4.31 Å². The summed E-state index contributed by atoms with van der Waals surface area (Å²) in [5.41, 5.74) is 0.775. The summed E-state index contributed by atoms with van der Waals surface area (Å²) in [6.45, 7) is 1.08. The molecule has 1 aromatic carbocycles. The topological polar surface area (TPSA) is 114 Å². The van der Waals surface area contributed by atoms with Gasteiger partial charge in [0, 0.05) is 43.6 Å². The third kappa shape index (κ3) is 3.61. The maximum absolute atomic E-state index is 13.1. The van der Waals surface area contributed by atoms with Crippen LogP contribution in [0.3, 0.4) is 0 Å². The average Bonchev–Trinajstić information content (AvgIpc) is 2.82. The molecule has 0 saturated carbocycles. The van der Waals surface area contributed by atoms with Gasteiger partial charge in [0.25, 0.3) is 11.5 Å². The monoisotopic (exact) mass is 451 g/mol. The van der Waals surface area contributed by atoms with Crippen LogP contribution in [0.5, 0.6) is 0 Å². The molecule has 4 heterocycles. The Morgan fingerprint density at radius 3 is 2.59 bits per heavy atom. The first-order valence-electron chi connectivity index (χ1n) is 10.3. The van der Waals surface area contributed by atoms with Gasteiger partial charge >= 0.3 is 0 Å². The highest BCUT2D eigenvalue weighted by molar-refractivity contribution is 7.89. The number of fused-ring (bicyclic) bond motifs is 4. The van der Waals surface area contributed by atoms with Gasteiger partial charge < -0.3 is 9.88 Å². The highest BCUT2D eigenvalue weighted by atomic mass is 32.2.